The standard InChI is InChI=1S/C14H27F3N4O2/c1-3-18-13(19-5-7-23-9-8-22-2)20-12-4-6-21(10-12)11-14(15,16)17/h12H,3-11H2,1-2H3,(H2,18,19,20). The van der Waals surface area contributed by atoms with E-state index in [2.05, 4.69) is 15.6 Å². The van der Waals surface area contributed by atoms with Gasteiger partial charge < -0.3 is 20.1 Å². The molecule has 0 bridgehead atoms. The van der Waals surface area contributed by atoms with E-state index in [1.807, 2.05) is 6.92 Å². The van der Waals surface area contributed by atoms with E-state index in [0.29, 0.717) is 58.4 Å². The molecule has 2 N–H and O–H groups in total. The molecule has 0 radical (unpaired) electrons. The summed E-state index contributed by atoms with van der Waals surface area (Å²) in [7, 11) is 1.61. The molecule has 1 heterocycles. The summed E-state index contributed by atoms with van der Waals surface area (Å²) in [6, 6.07) is -0.0236. The predicted octanol–water partition coefficient (Wildman–Crippen LogP) is 0.841. The SMILES string of the molecule is CCNC(=NCCOCCOC)NC1CCN(CC(F)(F)F)C1. The number of rotatable bonds is 9. The van der Waals surface area contributed by atoms with Crippen LogP contribution in [0.5, 0.6) is 0 Å². The van der Waals surface area contributed by atoms with Crippen LogP contribution >= 0.6 is 0 Å². The summed E-state index contributed by atoms with van der Waals surface area (Å²) >= 11 is 0. The van der Waals surface area contributed by atoms with Crippen molar-refractivity contribution in [1.82, 2.24) is 15.5 Å². The van der Waals surface area contributed by atoms with Crippen LogP contribution in [0.4, 0.5) is 13.2 Å². The summed E-state index contributed by atoms with van der Waals surface area (Å²) in [5.74, 6) is 0.613. The van der Waals surface area contributed by atoms with Crippen molar-refractivity contribution < 1.29 is 22.6 Å². The van der Waals surface area contributed by atoms with Gasteiger partial charge in [-0.05, 0) is 13.3 Å². The van der Waals surface area contributed by atoms with Gasteiger partial charge in [-0.1, -0.05) is 0 Å². The number of alkyl halides is 3. The maximum absolute atomic E-state index is 12.4. The average Bonchev–Trinajstić information content (AvgIpc) is 2.87. The molecule has 23 heavy (non-hydrogen) atoms. The van der Waals surface area contributed by atoms with Crippen molar-refractivity contribution >= 4 is 5.96 Å². The number of nitrogens with one attached hydrogen (secondary N) is 2. The number of guanidine groups is 1. The number of hydrogen-bond acceptors (Lipinski definition) is 4. The van der Waals surface area contributed by atoms with Gasteiger partial charge in [0, 0.05) is 32.8 Å². The van der Waals surface area contributed by atoms with Crippen molar-refractivity contribution in [3.8, 4) is 0 Å². The van der Waals surface area contributed by atoms with Crippen molar-refractivity contribution in [3.63, 3.8) is 0 Å². The molecule has 1 fully saturated rings. The summed E-state index contributed by atoms with van der Waals surface area (Å²) in [6.07, 6.45) is -3.47. The molecule has 0 aromatic heterocycles. The van der Waals surface area contributed by atoms with Crippen molar-refractivity contribution in [2.75, 3.05) is 59.7 Å². The van der Waals surface area contributed by atoms with Gasteiger partial charge in [-0.15, -0.1) is 0 Å². The largest absolute Gasteiger partial charge is 0.401 e. The molecule has 1 rings (SSSR count). The van der Waals surface area contributed by atoms with Crippen molar-refractivity contribution in [1.29, 1.82) is 0 Å². The first-order valence-corrected chi connectivity index (χ1v) is 7.85. The molecule has 1 saturated heterocycles. The number of methoxy groups -OCH3 is 1. The van der Waals surface area contributed by atoms with Crippen LogP contribution in [0.1, 0.15) is 13.3 Å². The lowest BCUT2D eigenvalue weighted by Crippen LogP contribution is -2.45. The average molecular weight is 340 g/mol. The fourth-order valence-electron chi connectivity index (χ4n) is 2.33. The summed E-state index contributed by atoms with van der Waals surface area (Å²) in [5, 5.41) is 6.28. The minimum absolute atomic E-state index is 0.0236. The quantitative estimate of drug-likeness (QED) is 0.370. The van der Waals surface area contributed by atoms with E-state index in [-0.39, 0.29) is 6.04 Å². The van der Waals surface area contributed by atoms with Crippen LogP contribution in [0.2, 0.25) is 0 Å². The Morgan fingerprint density at radius 2 is 2.09 bits per heavy atom. The predicted molar refractivity (Wildman–Crippen MR) is 82.7 cm³/mol. The summed E-state index contributed by atoms with van der Waals surface area (Å²) in [6.45, 7) is 4.61. The third-order valence-corrected chi connectivity index (χ3v) is 3.30. The zero-order valence-electron chi connectivity index (χ0n) is 13.8. The van der Waals surface area contributed by atoms with Crippen LogP contribution in [0.15, 0.2) is 4.99 Å². The van der Waals surface area contributed by atoms with E-state index >= 15 is 0 Å². The van der Waals surface area contributed by atoms with E-state index in [9.17, 15) is 13.2 Å². The number of ether oxygens (including phenoxy) is 2. The lowest BCUT2D eigenvalue weighted by Gasteiger charge is -2.19. The van der Waals surface area contributed by atoms with Crippen molar-refractivity contribution in [2.24, 2.45) is 4.99 Å². The Morgan fingerprint density at radius 1 is 1.30 bits per heavy atom. The molecule has 6 nitrogen and oxygen atoms in total. The van der Waals surface area contributed by atoms with Crippen LogP contribution in [0.3, 0.4) is 0 Å². The van der Waals surface area contributed by atoms with Crippen LogP contribution in [-0.4, -0.2) is 82.7 Å². The van der Waals surface area contributed by atoms with Gasteiger partial charge in [0.05, 0.1) is 32.9 Å². The molecule has 0 saturated carbocycles. The molecular weight excluding hydrogens is 313 g/mol. The lowest BCUT2D eigenvalue weighted by atomic mass is 10.3. The Balaban J connectivity index is 2.32. The molecule has 1 unspecified atom stereocenters. The van der Waals surface area contributed by atoms with Crippen molar-refractivity contribution in [3.05, 3.63) is 0 Å². The molecular formula is C14H27F3N4O2. The fraction of sp³-hybridized carbons (Fsp3) is 0.929. The highest BCUT2D eigenvalue weighted by Gasteiger charge is 2.34. The van der Waals surface area contributed by atoms with Gasteiger partial charge in [0.2, 0.25) is 0 Å². The maximum Gasteiger partial charge on any atom is 0.401 e. The summed E-state index contributed by atoms with van der Waals surface area (Å²) in [5.41, 5.74) is 0. The Hall–Kier alpha value is -1.06. The maximum atomic E-state index is 12.4. The number of aliphatic imine (C=N–C) groups is 1. The normalized spacial score (nSPS) is 20.0. The second kappa shape index (κ2) is 10.7. The topological polar surface area (TPSA) is 58.1 Å². The first kappa shape index (κ1) is 20.0. The monoisotopic (exact) mass is 340 g/mol. The Morgan fingerprint density at radius 3 is 2.74 bits per heavy atom. The number of likely N-dealkylation sites (tertiary alicyclic amines) is 1. The third-order valence-electron chi connectivity index (χ3n) is 3.30. The minimum Gasteiger partial charge on any atom is -0.382 e. The lowest BCUT2D eigenvalue weighted by molar-refractivity contribution is -0.143. The van der Waals surface area contributed by atoms with Gasteiger partial charge in [-0.25, -0.2) is 0 Å². The molecule has 0 aromatic rings. The zero-order chi connectivity index (χ0) is 17.1. The summed E-state index contributed by atoms with van der Waals surface area (Å²) < 4.78 is 47.4. The molecule has 0 spiro atoms. The molecule has 0 aromatic carbocycles. The Labute approximate surface area is 135 Å². The number of halogens is 3. The molecule has 1 aliphatic rings. The second-order valence-corrected chi connectivity index (χ2v) is 5.35. The first-order chi connectivity index (χ1) is 10.9. The molecule has 0 amide bonds. The van der Waals surface area contributed by atoms with Gasteiger partial charge in [-0.3, -0.25) is 9.89 Å². The highest BCUT2D eigenvalue weighted by Crippen LogP contribution is 2.19. The van der Waals surface area contributed by atoms with E-state index in [1.54, 1.807) is 7.11 Å². The Kier molecular flexibility index (Phi) is 9.27. The fourth-order valence-corrected chi connectivity index (χ4v) is 2.33. The smallest absolute Gasteiger partial charge is 0.382 e. The minimum atomic E-state index is -4.15. The van der Waals surface area contributed by atoms with E-state index in [0.717, 1.165) is 0 Å². The zero-order valence-corrected chi connectivity index (χ0v) is 13.8. The molecule has 1 aliphatic heterocycles. The van der Waals surface area contributed by atoms with Gasteiger partial charge in [0.15, 0.2) is 5.96 Å². The summed E-state index contributed by atoms with van der Waals surface area (Å²) in [4.78, 5) is 5.77. The van der Waals surface area contributed by atoms with Crippen LogP contribution in [0, 0.1) is 0 Å². The number of nitrogens with zero attached hydrogens (tertiary/aromatic N) is 2. The molecule has 9 heteroatoms. The molecule has 136 valence electrons. The highest BCUT2D eigenvalue weighted by atomic mass is 19.4. The molecule has 0 aliphatic carbocycles. The second-order valence-electron chi connectivity index (χ2n) is 5.35. The third kappa shape index (κ3) is 9.62. The van der Waals surface area contributed by atoms with Crippen LogP contribution in [0.25, 0.3) is 0 Å². The number of hydrogen-bond donors (Lipinski definition) is 2. The van der Waals surface area contributed by atoms with Crippen molar-refractivity contribution in [2.45, 2.75) is 25.6 Å². The highest BCUT2D eigenvalue weighted by molar-refractivity contribution is 5.80. The van der Waals surface area contributed by atoms with Gasteiger partial charge in [0.25, 0.3) is 0 Å². The van der Waals surface area contributed by atoms with Crippen LogP contribution < -0.4 is 10.6 Å². The van der Waals surface area contributed by atoms with Gasteiger partial charge in [-0.2, -0.15) is 13.2 Å². The van der Waals surface area contributed by atoms with E-state index < -0.39 is 12.7 Å². The van der Waals surface area contributed by atoms with Gasteiger partial charge in [0.1, 0.15) is 0 Å². The van der Waals surface area contributed by atoms with E-state index in [4.69, 9.17) is 9.47 Å². The Bertz CT molecular complexity index is 353. The van der Waals surface area contributed by atoms with E-state index in [1.165, 1.54) is 4.90 Å². The molecule has 1 atom stereocenters. The first-order valence-electron chi connectivity index (χ1n) is 7.85. The van der Waals surface area contributed by atoms with Gasteiger partial charge >= 0.3 is 6.18 Å². The van der Waals surface area contributed by atoms with Crippen LogP contribution in [-0.2, 0) is 9.47 Å².